The summed E-state index contributed by atoms with van der Waals surface area (Å²) in [5.74, 6) is -0.153. The van der Waals surface area contributed by atoms with Gasteiger partial charge < -0.3 is 21.3 Å². The molecule has 0 heterocycles. The Hall–Kier alpha value is -2.69. The van der Waals surface area contributed by atoms with Crippen LogP contribution in [0.1, 0.15) is 10.4 Å². The summed E-state index contributed by atoms with van der Waals surface area (Å²) in [5.41, 5.74) is 9.63. The molecule has 1 amide bonds. The van der Waals surface area contributed by atoms with E-state index in [1.165, 1.54) is 0 Å². The van der Waals surface area contributed by atoms with Gasteiger partial charge in [-0.15, -0.1) is 0 Å². The zero-order valence-corrected chi connectivity index (χ0v) is 12.5. The van der Waals surface area contributed by atoms with Crippen LogP contribution in [0.2, 0.25) is 0 Å². The summed E-state index contributed by atoms with van der Waals surface area (Å²) in [5, 5.41) is 5.93. The molecule has 2 aromatic rings. The standard InChI is InChI=1S/C16H20N4O/c1-18-16(21)12-9-8-11(17)10-14(12)19-13-6-4-5-7-15(13)20(2)3/h4-10,19H,17H2,1-3H3,(H,18,21). The van der Waals surface area contributed by atoms with Crippen molar-refractivity contribution in [3.8, 4) is 0 Å². The molecule has 0 radical (unpaired) electrons. The number of hydrogen-bond donors (Lipinski definition) is 3. The average Bonchev–Trinajstić information content (AvgIpc) is 2.47. The van der Waals surface area contributed by atoms with Crippen LogP contribution in [-0.2, 0) is 0 Å². The van der Waals surface area contributed by atoms with Crippen molar-refractivity contribution < 1.29 is 4.79 Å². The highest BCUT2D eigenvalue weighted by Crippen LogP contribution is 2.29. The third-order valence-electron chi connectivity index (χ3n) is 3.17. The minimum atomic E-state index is -0.153. The van der Waals surface area contributed by atoms with Crippen LogP contribution >= 0.6 is 0 Å². The lowest BCUT2D eigenvalue weighted by Crippen LogP contribution is -2.19. The fourth-order valence-electron chi connectivity index (χ4n) is 2.11. The fraction of sp³-hybridized carbons (Fsp3) is 0.188. The molecule has 0 aliphatic rings. The predicted molar refractivity (Wildman–Crippen MR) is 88.3 cm³/mol. The van der Waals surface area contributed by atoms with Gasteiger partial charge in [-0.2, -0.15) is 0 Å². The molecule has 2 rings (SSSR count). The third kappa shape index (κ3) is 3.25. The van der Waals surface area contributed by atoms with Gasteiger partial charge in [0, 0.05) is 26.8 Å². The van der Waals surface area contributed by atoms with Crippen LogP contribution in [0.4, 0.5) is 22.7 Å². The lowest BCUT2D eigenvalue weighted by atomic mass is 10.1. The van der Waals surface area contributed by atoms with Gasteiger partial charge in [0.25, 0.3) is 5.91 Å². The molecular weight excluding hydrogens is 264 g/mol. The zero-order valence-electron chi connectivity index (χ0n) is 12.5. The summed E-state index contributed by atoms with van der Waals surface area (Å²) in [7, 11) is 5.55. The monoisotopic (exact) mass is 284 g/mol. The van der Waals surface area contributed by atoms with Crippen molar-refractivity contribution >= 4 is 28.7 Å². The Kier molecular flexibility index (Phi) is 4.33. The van der Waals surface area contributed by atoms with Gasteiger partial charge in [0.15, 0.2) is 0 Å². The van der Waals surface area contributed by atoms with E-state index in [1.807, 2.05) is 43.3 Å². The first-order chi connectivity index (χ1) is 10.0. The Balaban J connectivity index is 2.44. The quantitative estimate of drug-likeness (QED) is 0.754. The van der Waals surface area contributed by atoms with Gasteiger partial charge in [-0.25, -0.2) is 0 Å². The number of hydrogen-bond acceptors (Lipinski definition) is 4. The number of para-hydroxylation sites is 2. The number of carbonyl (C=O) groups excluding carboxylic acids is 1. The topological polar surface area (TPSA) is 70.4 Å². The Morgan fingerprint density at radius 3 is 2.48 bits per heavy atom. The maximum Gasteiger partial charge on any atom is 0.253 e. The van der Waals surface area contributed by atoms with E-state index in [9.17, 15) is 4.79 Å². The zero-order chi connectivity index (χ0) is 15.4. The highest BCUT2D eigenvalue weighted by atomic mass is 16.1. The third-order valence-corrected chi connectivity index (χ3v) is 3.17. The molecule has 0 atom stereocenters. The molecule has 2 aromatic carbocycles. The fourth-order valence-corrected chi connectivity index (χ4v) is 2.11. The Morgan fingerprint density at radius 1 is 1.10 bits per heavy atom. The first-order valence-corrected chi connectivity index (χ1v) is 6.68. The molecule has 5 heteroatoms. The van der Waals surface area contributed by atoms with Crippen molar-refractivity contribution in [2.24, 2.45) is 0 Å². The molecule has 0 aliphatic heterocycles. The molecule has 0 fully saturated rings. The first kappa shape index (κ1) is 14.7. The number of nitrogen functional groups attached to an aromatic ring is 1. The second-order valence-electron chi connectivity index (χ2n) is 4.92. The van der Waals surface area contributed by atoms with E-state index in [4.69, 9.17) is 5.73 Å². The summed E-state index contributed by atoms with van der Waals surface area (Å²) in [4.78, 5) is 14.0. The van der Waals surface area contributed by atoms with Crippen molar-refractivity contribution in [1.82, 2.24) is 5.32 Å². The highest BCUT2D eigenvalue weighted by Gasteiger charge is 2.12. The van der Waals surface area contributed by atoms with Crippen LogP contribution in [-0.4, -0.2) is 27.1 Å². The Bertz CT molecular complexity index is 652. The van der Waals surface area contributed by atoms with Crippen molar-refractivity contribution in [2.75, 3.05) is 37.1 Å². The molecule has 0 aliphatic carbocycles. The second kappa shape index (κ2) is 6.17. The van der Waals surface area contributed by atoms with Crippen molar-refractivity contribution in [3.63, 3.8) is 0 Å². The van der Waals surface area contributed by atoms with E-state index < -0.39 is 0 Å². The Morgan fingerprint density at radius 2 is 1.81 bits per heavy atom. The van der Waals surface area contributed by atoms with Gasteiger partial charge in [0.1, 0.15) is 0 Å². The molecule has 4 N–H and O–H groups in total. The molecule has 0 saturated carbocycles. The molecule has 0 spiro atoms. The van der Waals surface area contributed by atoms with E-state index in [0.717, 1.165) is 11.4 Å². The van der Waals surface area contributed by atoms with Gasteiger partial charge >= 0.3 is 0 Å². The largest absolute Gasteiger partial charge is 0.399 e. The predicted octanol–water partition coefficient (Wildman–Crippen LogP) is 2.44. The minimum absolute atomic E-state index is 0.153. The maximum atomic E-state index is 12.0. The van der Waals surface area contributed by atoms with Crippen LogP contribution in [0, 0.1) is 0 Å². The normalized spacial score (nSPS) is 10.0. The molecule has 0 saturated heterocycles. The van der Waals surface area contributed by atoms with Crippen molar-refractivity contribution in [3.05, 3.63) is 48.0 Å². The smallest absolute Gasteiger partial charge is 0.253 e. The summed E-state index contributed by atoms with van der Waals surface area (Å²) in [6.07, 6.45) is 0. The summed E-state index contributed by atoms with van der Waals surface area (Å²) in [6, 6.07) is 13.1. The molecule has 5 nitrogen and oxygen atoms in total. The van der Waals surface area contributed by atoms with Crippen LogP contribution in [0.3, 0.4) is 0 Å². The molecule has 0 aromatic heterocycles. The summed E-state index contributed by atoms with van der Waals surface area (Å²) >= 11 is 0. The molecular formula is C16H20N4O. The van der Waals surface area contributed by atoms with E-state index in [1.54, 1.807) is 25.2 Å². The number of rotatable bonds is 4. The van der Waals surface area contributed by atoms with Crippen molar-refractivity contribution in [1.29, 1.82) is 0 Å². The van der Waals surface area contributed by atoms with Gasteiger partial charge in [-0.1, -0.05) is 12.1 Å². The SMILES string of the molecule is CNC(=O)c1ccc(N)cc1Nc1ccccc1N(C)C. The number of benzene rings is 2. The number of nitrogens with two attached hydrogens (primary N) is 1. The Labute approximate surface area is 124 Å². The van der Waals surface area contributed by atoms with E-state index >= 15 is 0 Å². The number of nitrogens with one attached hydrogen (secondary N) is 2. The van der Waals surface area contributed by atoms with Gasteiger partial charge in [0.2, 0.25) is 0 Å². The summed E-state index contributed by atoms with van der Waals surface area (Å²) < 4.78 is 0. The summed E-state index contributed by atoms with van der Waals surface area (Å²) in [6.45, 7) is 0. The van der Waals surface area contributed by atoms with E-state index in [-0.39, 0.29) is 5.91 Å². The lowest BCUT2D eigenvalue weighted by molar-refractivity contribution is 0.0964. The average molecular weight is 284 g/mol. The molecule has 110 valence electrons. The van der Waals surface area contributed by atoms with E-state index in [0.29, 0.717) is 16.9 Å². The second-order valence-corrected chi connectivity index (χ2v) is 4.92. The number of carbonyl (C=O) groups is 1. The minimum Gasteiger partial charge on any atom is -0.399 e. The van der Waals surface area contributed by atoms with Crippen LogP contribution in [0.25, 0.3) is 0 Å². The molecule has 21 heavy (non-hydrogen) atoms. The molecule has 0 unspecified atom stereocenters. The maximum absolute atomic E-state index is 12.0. The lowest BCUT2D eigenvalue weighted by Gasteiger charge is -2.19. The van der Waals surface area contributed by atoms with Gasteiger partial charge in [-0.05, 0) is 30.3 Å². The number of nitrogens with zero attached hydrogens (tertiary/aromatic N) is 1. The molecule has 0 bridgehead atoms. The van der Waals surface area contributed by atoms with E-state index in [2.05, 4.69) is 10.6 Å². The van der Waals surface area contributed by atoms with Crippen LogP contribution in [0.5, 0.6) is 0 Å². The van der Waals surface area contributed by atoms with Crippen LogP contribution < -0.4 is 21.3 Å². The van der Waals surface area contributed by atoms with Gasteiger partial charge in [0.05, 0.1) is 22.6 Å². The van der Waals surface area contributed by atoms with Crippen molar-refractivity contribution in [2.45, 2.75) is 0 Å². The number of anilines is 4. The van der Waals surface area contributed by atoms with Gasteiger partial charge in [-0.3, -0.25) is 4.79 Å². The number of amides is 1. The highest BCUT2D eigenvalue weighted by molar-refractivity contribution is 6.01. The first-order valence-electron chi connectivity index (χ1n) is 6.68. The van der Waals surface area contributed by atoms with Crippen LogP contribution in [0.15, 0.2) is 42.5 Å².